The Balaban J connectivity index is 2.08. The first-order valence-corrected chi connectivity index (χ1v) is 6.72. The molecule has 2 rings (SSSR count). The van der Waals surface area contributed by atoms with E-state index >= 15 is 0 Å². The molecule has 1 aliphatic heterocycles. The van der Waals surface area contributed by atoms with E-state index in [1.807, 2.05) is 19.0 Å². The van der Waals surface area contributed by atoms with Gasteiger partial charge in [-0.15, -0.1) is 10.2 Å². The van der Waals surface area contributed by atoms with Crippen molar-refractivity contribution in [2.75, 3.05) is 27.2 Å². The zero-order chi connectivity index (χ0) is 12.4. The molecule has 0 N–H and O–H groups in total. The molecule has 1 aromatic heterocycles. The second kappa shape index (κ2) is 5.29. The Bertz CT molecular complexity index is 409. The molecule has 0 spiro atoms. The maximum absolute atomic E-state index is 12.2. The lowest BCUT2D eigenvalue weighted by Gasteiger charge is -2.26. The highest BCUT2D eigenvalue weighted by molar-refractivity contribution is 7.17. The fourth-order valence-electron chi connectivity index (χ4n) is 2.13. The van der Waals surface area contributed by atoms with Crippen LogP contribution in [0.3, 0.4) is 0 Å². The summed E-state index contributed by atoms with van der Waals surface area (Å²) in [5.74, 6) is -0.0428. The second-order valence-corrected chi connectivity index (χ2v) is 5.98. The highest BCUT2D eigenvalue weighted by Gasteiger charge is 2.31. The molecule has 1 saturated heterocycles. The first-order valence-electron chi connectivity index (χ1n) is 5.52. The van der Waals surface area contributed by atoms with E-state index in [1.165, 1.54) is 0 Å². The summed E-state index contributed by atoms with van der Waals surface area (Å²) in [7, 11) is 4.03. The van der Waals surface area contributed by atoms with E-state index in [0.29, 0.717) is 9.47 Å². The fourth-order valence-corrected chi connectivity index (χ4v) is 2.91. The highest BCUT2D eigenvalue weighted by atomic mass is 35.5. The number of hydrogen-bond donors (Lipinski definition) is 0. The Morgan fingerprint density at radius 2 is 2.35 bits per heavy atom. The topological polar surface area (TPSA) is 49.3 Å². The lowest BCUT2D eigenvalue weighted by Crippen LogP contribution is -2.41. The summed E-state index contributed by atoms with van der Waals surface area (Å²) < 4.78 is 0.316. The summed E-state index contributed by atoms with van der Waals surface area (Å²) in [6, 6.07) is 0.278. The van der Waals surface area contributed by atoms with Gasteiger partial charge in [-0.25, -0.2) is 0 Å². The largest absolute Gasteiger partial charge is 0.332 e. The van der Waals surface area contributed by atoms with Crippen LogP contribution >= 0.6 is 22.9 Å². The third-order valence-electron chi connectivity index (χ3n) is 2.80. The van der Waals surface area contributed by atoms with Crippen LogP contribution in [-0.4, -0.2) is 59.1 Å². The number of carbonyl (C=O) groups excluding carboxylic acids is 1. The number of amides is 1. The van der Waals surface area contributed by atoms with Gasteiger partial charge in [0.25, 0.3) is 5.91 Å². The first kappa shape index (κ1) is 12.7. The van der Waals surface area contributed by atoms with Gasteiger partial charge in [0, 0.05) is 19.1 Å². The second-order valence-electron chi connectivity index (χ2n) is 4.42. The molecule has 0 bridgehead atoms. The zero-order valence-electron chi connectivity index (χ0n) is 9.89. The van der Waals surface area contributed by atoms with Crippen molar-refractivity contribution in [1.82, 2.24) is 20.0 Å². The molecule has 1 fully saturated rings. The van der Waals surface area contributed by atoms with Crippen LogP contribution in [0.4, 0.5) is 0 Å². The Morgan fingerprint density at radius 1 is 1.59 bits per heavy atom. The molecule has 0 radical (unpaired) electrons. The number of carbonyl (C=O) groups is 1. The monoisotopic (exact) mass is 274 g/mol. The van der Waals surface area contributed by atoms with E-state index in [1.54, 1.807) is 0 Å². The van der Waals surface area contributed by atoms with Crippen molar-refractivity contribution < 1.29 is 4.79 Å². The van der Waals surface area contributed by atoms with Crippen molar-refractivity contribution in [2.45, 2.75) is 18.9 Å². The van der Waals surface area contributed by atoms with E-state index in [2.05, 4.69) is 15.1 Å². The average Bonchev–Trinajstić information content (AvgIpc) is 2.85. The van der Waals surface area contributed by atoms with Gasteiger partial charge >= 0.3 is 0 Å². The maximum Gasteiger partial charge on any atom is 0.285 e. The Labute approximate surface area is 109 Å². The normalized spacial score (nSPS) is 20.2. The van der Waals surface area contributed by atoms with Crippen LogP contribution in [0.25, 0.3) is 0 Å². The van der Waals surface area contributed by atoms with E-state index in [4.69, 9.17) is 11.6 Å². The first-order chi connectivity index (χ1) is 8.08. The third-order valence-corrected chi connectivity index (χ3v) is 3.80. The molecule has 94 valence electrons. The molecular formula is C10H15ClN4OS. The van der Waals surface area contributed by atoms with Gasteiger partial charge in [-0.1, -0.05) is 11.3 Å². The molecule has 1 atom stereocenters. The lowest BCUT2D eigenvalue weighted by atomic mass is 10.2. The van der Waals surface area contributed by atoms with Crippen molar-refractivity contribution in [2.24, 2.45) is 0 Å². The molecule has 17 heavy (non-hydrogen) atoms. The minimum atomic E-state index is -0.0428. The van der Waals surface area contributed by atoms with Crippen molar-refractivity contribution in [3.63, 3.8) is 0 Å². The summed E-state index contributed by atoms with van der Waals surface area (Å²) in [4.78, 5) is 16.2. The van der Waals surface area contributed by atoms with Crippen molar-refractivity contribution in [1.29, 1.82) is 0 Å². The SMILES string of the molecule is CN(C)CC1CCCN1C(=O)c1nnc(Cl)s1. The minimum Gasteiger partial charge on any atom is -0.332 e. The van der Waals surface area contributed by atoms with Crippen LogP contribution < -0.4 is 0 Å². The quantitative estimate of drug-likeness (QED) is 0.835. The molecule has 0 aromatic carbocycles. The average molecular weight is 275 g/mol. The lowest BCUT2D eigenvalue weighted by molar-refractivity contribution is 0.0715. The Hall–Kier alpha value is -0.720. The highest BCUT2D eigenvalue weighted by Crippen LogP contribution is 2.23. The Morgan fingerprint density at radius 3 is 2.94 bits per heavy atom. The van der Waals surface area contributed by atoms with E-state index in [9.17, 15) is 4.79 Å². The Kier molecular flexibility index (Phi) is 3.96. The summed E-state index contributed by atoms with van der Waals surface area (Å²) in [5, 5.41) is 7.87. The number of rotatable bonds is 3. The van der Waals surface area contributed by atoms with E-state index in [0.717, 1.165) is 37.3 Å². The number of likely N-dealkylation sites (N-methyl/N-ethyl adjacent to an activating group) is 1. The van der Waals surface area contributed by atoms with Crippen molar-refractivity contribution in [3.8, 4) is 0 Å². The smallest absolute Gasteiger partial charge is 0.285 e. The molecule has 7 heteroatoms. The van der Waals surface area contributed by atoms with E-state index < -0.39 is 0 Å². The molecule has 0 aliphatic carbocycles. The predicted octanol–water partition coefficient (Wildman–Crippen LogP) is 1.36. The summed E-state index contributed by atoms with van der Waals surface area (Å²) in [6.45, 7) is 1.69. The number of halogens is 1. The van der Waals surface area contributed by atoms with Gasteiger partial charge in [-0.3, -0.25) is 4.79 Å². The summed E-state index contributed by atoms with van der Waals surface area (Å²) in [5.41, 5.74) is 0. The summed E-state index contributed by atoms with van der Waals surface area (Å²) >= 11 is 6.84. The molecular weight excluding hydrogens is 260 g/mol. The van der Waals surface area contributed by atoms with Gasteiger partial charge in [-0.05, 0) is 38.5 Å². The number of hydrogen-bond acceptors (Lipinski definition) is 5. The van der Waals surface area contributed by atoms with Gasteiger partial charge in [0.2, 0.25) is 9.47 Å². The van der Waals surface area contributed by atoms with Crippen LogP contribution in [0.2, 0.25) is 4.47 Å². The van der Waals surface area contributed by atoms with Crippen molar-refractivity contribution in [3.05, 3.63) is 9.47 Å². The van der Waals surface area contributed by atoms with Gasteiger partial charge < -0.3 is 9.80 Å². The van der Waals surface area contributed by atoms with Gasteiger partial charge in [-0.2, -0.15) is 0 Å². The van der Waals surface area contributed by atoms with Crippen molar-refractivity contribution >= 4 is 28.8 Å². The van der Waals surface area contributed by atoms with Crippen LogP contribution in [0.1, 0.15) is 22.6 Å². The molecule has 2 heterocycles. The molecule has 1 amide bonds. The number of aromatic nitrogens is 2. The van der Waals surface area contributed by atoms with Gasteiger partial charge in [0.1, 0.15) is 0 Å². The van der Waals surface area contributed by atoms with Crippen LogP contribution in [0, 0.1) is 0 Å². The van der Waals surface area contributed by atoms with Gasteiger partial charge in [0.15, 0.2) is 0 Å². The van der Waals surface area contributed by atoms with Crippen LogP contribution in [0.15, 0.2) is 0 Å². The molecule has 0 saturated carbocycles. The van der Waals surface area contributed by atoms with Gasteiger partial charge in [0.05, 0.1) is 0 Å². The zero-order valence-corrected chi connectivity index (χ0v) is 11.5. The molecule has 1 unspecified atom stereocenters. The maximum atomic E-state index is 12.2. The summed E-state index contributed by atoms with van der Waals surface area (Å²) in [6.07, 6.45) is 2.10. The van der Waals surface area contributed by atoms with Crippen LogP contribution in [-0.2, 0) is 0 Å². The van der Waals surface area contributed by atoms with Crippen LogP contribution in [0.5, 0.6) is 0 Å². The number of nitrogens with zero attached hydrogens (tertiary/aromatic N) is 4. The predicted molar refractivity (Wildman–Crippen MR) is 67.5 cm³/mol. The standard InChI is InChI=1S/C10H15ClN4OS/c1-14(2)6-7-4-3-5-15(7)9(16)8-12-13-10(11)17-8/h7H,3-6H2,1-2H3. The molecule has 5 nitrogen and oxygen atoms in total. The number of likely N-dealkylation sites (tertiary alicyclic amines) is 1. The fraction of sp³-hybridized carbons (Fsp3) is 0.700. The minimum absolute atomic E-state index is 0.0428. The third kappa shape index (κ3) is 2.94. The molecule has 1 aromatic rings. The molecule has 1 aliphatic rings. The van der Waals surface area contributed by atoms with E-state index in [-0.39, 0.29) is 11.9 Å².